The van der Waals surface area contributed by atoms with Crippen LogP contribution in [-0.2, 0) is 14.4 Å². The molecule has 2 atom stereocenters. The molecule has 1 heterocycles. The van der Waals surface area contributed by atoms with Crippen LogP contribution >= 0.6 is 11.8 Å². The van der Waals surface area contributed by atoms with Crippen molar-refractivity contribution < 1.29 is 19.5 Å². The summed E-state index contributed by atoms with van der Waals surface area (Å²) >= 11 is 1.22. The average Bonchev–Trinajstić information content (AvgIpc) is 2.56. The molecule has 0 spiro atoms. The first-order valence-corrected chi connectivity index (χ1v) is 6.03. The number of hydrogen-bond donors (Lipinski definition) is 1. The highest BCUT2D eigenvalue weighted by Crippen LogP contribution is 2.40. The monoisotopic (exact) mass is 245 g/mol. The highest BCUT2D eigenvalue weighted by molar-refractivity contribution is 8.01. The van der Waals surface area contributed by atoms with Crippen molar-refractivity contribution in [2.45, 2.75) is 38.1 Å². The van der Waals surface area contributed by atoms with Crippen molar-refractivity contribution in [1.82, 2.24) is 4.90 Å². The summed E-state index contributed by atoms with van der Waals surface area (Å²) in [7, 11) is 0. The number of nitrogens with zero attached hydrogens (tertiary/aromatic N) is 1. The molecule has 1 rings (SSSR count). The van der Waals surface area contributed by atoms with Gasteiger partial charge in [-0.3, -0.25) is 9.59 Å². The first-order chi connectivity index (χ1) is 7.34. The second-order valence-corrected chi connectivity index (χ2v) is 5.24. The largest absolute Gasteiger partial charge is 0.480 e. The molecule has 0 aromatic carbocycles. The third-order valence-corrected chi connectivity index (χ3v) is 4.33. The molecule has 2 unspecified atom stereocenters. The Balaban J connectivity index is 3.11. The van der Waals surface area contributed by atoms with Gasteiger partial charge >= 0.3 is 5.97 Å². The molecule has 90 valence electrons. The number of rotatable bonds is 3. The van der Waals surface area contributed by atoms with E-state index in [9.17, 15) is 14.4 Å². The summed E-state index contributed by atoms with van der Waals surface area (Å²) in [5.41, 5.74) is 0. The average molecular weight is 245 g/mol. The Morgan fingerprint density at radius 3 is 2.44 bits per heavy atom. The van der Waals surface area contributed by atoms with E-state index < -0.39 is 16.9 Å². The molecule has 0 saturated carbocycles. The second kappa shape index (κ2) is 4.45. The summed E-state index contributed by atoms with van der Waals surface area (Å²) in [5.74, 6) is -1.28. The van der Waals surface area contributed by atoms with Crippen molar-refractivity contribution in [3.05, 3.63) is 0 Å². The highest BCUT2D eigenvalue weighted by atomic mass is 32.2. The summed E-state index contributed by atoms with van der Waals surface area (Å²) in [6, 6.07) is -0.897. The zero-order valence-corrected chi connectivity index (χ0v) is 10.3. The molecular weight excluding hydrogens is 230 g/mol. The number of carbonyl (C=O) groups excluding carboxylic acids is 2. The van der Waals surface area contributed by atoms with Crippen molar-refractivity contribution in [2.75, 3.05) is 5.75 Å². The van der Waals surface area contributed by atoms with E-state index in [-0.39, 0.29) is 23.9 Å². The van der Waals surface area contributed by atoms with Gasteiger partial charge in [0, 0.05) is 12.2 Å². The van der Waals surface area contributed by atoms with E-state index in [1.54, 1.807) is 13.8 Å². The topological polar surface area (TPSA) is 74.7 Å². The lowest BCUT2D eigenvalue weighted by Crippen LogP contribution is -2.54. The van der Waals surface area contributed by atoms with Gasteiger partial charge in [0.2, 0.25) is 5.91 Å². The Hall–Kier alpha value is -1.04. The predicted molar refractivity (Wildman–Crippen MR) is 60.1 cm³/mol. The summed E-state index contributed by atoms with van der Waals surface area (Å²) in [6.07, 6.45) is 0.202. The van der Waals surface area contributed by atoms with Gasteiger partial charge < -0.3 is 10.0 Å². The number of carboxylic acids is 1. The van der Waals surface area contributed by atoms with Gasteiger partial charge in [-0.25, -0.2) is 4.79 Å². The van der Waals surface area contributed by atoms with Crippen LogP contribution in [0.1, 0.15) is 27.2 Å². The summed E-state index contributed by atoms with van der Waals surface area (Å²) in [6.45, 7) is 4.65. The molecule has 1 aliphatic heterocycles. The van der Waals surface area contributed by atoms with Crippen molar-refractivity contribution in [2.24, 2.45) is 0 Å². The van der Waals surface area contributed by atoms with Crippen LogP contribution in [-0.4, -0.2) is 44.3 Å². The molecule has 1 amide bonds. The van der Waals surface area contributed by atoms with Crippen molar-refractivity contribution in [3.8, 4) is 0 Å². The Morgan fingerprint density at radius 2 is 2.06 bits per heavy atom. The Labute approximate surface area is 98.2 Å². The predicted octanol–water partition coefficient (Wildman–Crippen LogP) is 0.730. The van der Waals surface area contributed by atoms with Crippen LogP contribution in [0.15, 0.2) is 0 Å². The molecule has 5 nitrogen and oxygen atoms in total. The third-order valence-electron chi connectivity index (χ3n) is 2.80. The zero-order chi connectivity index (χ0) is 12.5. The van der Waals surface area contributed by atoms with Gasteiger partial charge in [0.25, 0.3) is 0 Å². The van der Waals surface area contributed by atoms with Crippen molar-refractivity contribution in [3.63, 3.8) is 0 Å². The number of hydrogen-bond acceptors (Lipinski definition) is 4. The fourth-order valence-corrected chi connectivity index (χ4v) is 3.06. The van der Waals surface area contributed by atoms with Crippen LogP contribution in [0.5, 0.6) is 0 Å². The van der Waals surface area contributed by atoms with Gasteiger partial charge in [-0.15, -0.1) is 11.8 Å². The quantitative estimate of drug-likeness (QED) is 0.793. The minimum atomic E-state index is -1.06. The van der Waals surface area contributed by atoms with Gasteiger partial charge in [-0.1, -0.05) is 6.92 Å². The van der Waals surface area contributed by atoms with Gasteiger partial charge in [0.1, 0.15) is 10.9 Å². The van der Waals surface area contributed by atoms with E-state index >= 15 is 0 Å². The zero-order valence-electron chi connectivity index (χ0n) is 9.52. The molecule has 16 heavy (non-hydrogen) atoms. The molecule has 0 aliphatic carbocycles. The number of carbonyl (C=O) groups is 3. The number of Topliss-reactive ketones (excluding diaryl/α,β-unsaturated/α-hetero) is 1. The van der Waals surface area contributed by atoms with Crippen LogP contribution in [0, 0.1) is 0 Å². The lowest BCUT2D eigenvalue weighted by molar-refractivity contribution is -0.152. The Bertz CT molecular complexity index is 344. The molecule has 0 aromatic rings. The fourth-order valence-electron chi connectivity index (χ4n) is 1.72. The maximum atomic E-state index is 11.7. The normalized spacial score (nSPS) is 29.2. The van der Waals surface area contributed by atoms with E-state index in [2.05, 4.69) is 0 Å². The first kappa shape index (κ1) is 13.0. The van der Waals surface area contributed by atoms with Crippen LogP contribution < -0.4 is 0 Å². The number of thioether (sulfide) groups is 1. The lowest BCUT2D eigenvalue weighted by Gasteiger charge is -2.33. The van der Waals surface area contributed by atoms with Crippen LogP contribution in [0.25, 0.3) is 0 Å². The minimum Gasteiger partial charge on any atom is -0.480 e. The molecule has 0 radical (unpaired) electrons. The van der Waals surface area contributed by atoms with Crippen molar-refractivity contribution >= 4 is 29.4 Å². The highest BCUT2D eigenvalue weighted by Gasteiger charge is 2.51. The minimum absolute atomic E-state index is 0.192. The van der Waals surface area contributed by atoms with E-state index in [0.29, 0.717) is 0 Å². The molecule has 0 aromatic heterocycles. The molecule has 1 aliphatic rings. The smallest absolute Gasteiger partial charge is 0.327 e. The first-order valence-electron chi connectivity index (χ1n) is 5.04. The second-order valence-electron chi connectivity index (χ2n) is 3.82. The van der Waals surface area contributed by atoms with E-state index in [1.165, 1.54) is 23.6 Å². The lowest BCUT2D eigenvalue weighted by atomic mass is 10.1. The Morgan fingerprint density at radius 1 is 1.50 bits per heavy atom. The summed E-state index contributed by atoms with van der Waals surface area (Å²) in [4.78, 5) is 34.5. The molecular formula is C10H15NO4S. The molecule has 6 heteroatoms. The number of carboxylic acid groups (broad SMARTS) is 1. The summed E-state index contributed by atoms with van der Waals surface area (Å²) in [5, 5.41) is 9.02. The molecule has 1 N–H and O–H groups in total. The fraction of sp³-hybridized carbons (Fsp3) is 0.700. The van der Waals surface area contributed by atoms with Crippen LogP contribution in [0.2, 0.25) is 0 Å². The van der Waals surface area contributed by atoms with Crippen molar-refractivity contribution in [1.29, 1.82) is 0 Å². The van der Waals surface area contributed by atoms with Gasteiger partial charge in [0.05, 0.1) is 0 Å². The van der Waals surface area contributed by atoms with Crippen LogP contribution in [0.3, 0.4) is 0 Å². The van der Waals surface area contributed by atoms with Crippen LogP contribution in [0.4, 0.5) is 0 Å². The third kappa shape index (κ3) is 1.93. The van der Waals surface area contributed by atoms with Gasteiger partial charge in [0.15, 0.2) is 5.78 Å². The van der Waals surface area contributed by atoms with E-state index in [4.69, 9.17) is 5.11 Å². The maximum Gasteiger partial charge on any atom is 0.327 e. The SMILES string of the molecule is CCC(=O)N1C(C(=O)O)CSC1(C)C(C)=O. The number of amides is 1. The van der Waals surface area contributed by atoms with E-state index in [0.717, 1.165) is 0 Å². The molecule has 1 saturated heterocycles. The van der Waals surface area contributed by atoms with Gasteiger partial charge in [-0.05, 0) is 13.8 Å². The standard InChI is InChI=1S/C10H15NO4S/c1-4-8(13)11-7(9(14)15)5-16-10(11,3)6(2)12/h7H,4-5H2,1-3H3,(H,14,15). The molecule has 1 fully saturated rings. The maximum absolute atomic E-state index is 11.7. The number of aliphatic carboxylic acids is 1. The Kier molecular flexibility index (Phi) is 3.62. The summed E-state index contributed by atoms with van der Waals surface area (Å²) < 4.78 is 0. The molecule has 0 bridgehead atoms. The van der Waals surface area contributed by atoms with E-state index in [1.807, 2.05) is 0 Å². The number of ketones is 1. The van der Waals surface area contributed by atoms with Gasteiger partial charge in [-0.2, -0.15) is 0 Å².